The third-order valence-corrected chi connectivity index (χ3v) is 6.06. The van der Waals surface area contributed by atoms with Crippen LogP contribution in [0.15, 0.2) is 24.3 Å². The van der Waals surface area contributed by atoms with Crippen LogP contribution in [0.5, 0.6) is 0 Å². The molecule has 6 heteroatoms. The molecule has 3 heterocycles. The molecule has 140 valence electrons. The van der Waals surface area contributed by atoms with E-state index in [9.17, 15) is 9.59 Å². The number of hydrogen-bond acceptors (Lipinski definition) is 3. The zero-order valence-corrected chi connectivity index (χ0v) is 15.6. The summed E-state index contributed by atoms with van der Waals surface area (Å²) in [7, 11) is 0. The molecule has 0 bridgehead atoms. The fraction of sp³-hybridized carbons (Fsp3) is 0.600. The molecular weight excluding hydrogens is 328 g/mol. The van der Waals surface area contributed by atoms with E-state index in [2.05, 4.69) is 36.1 Å². The highest BCUT2D eigenvalue weighted by molar-refractivity contribution is 6.04. The lowest BCUT2D eigenvalue weighted by atomic mass is 10.2. The standard InChI is InChI=1S/C20H28N4O2/c1-16-5-7-17(8-6-16)22-14-12-21(13-15-22)9-3-11-24-19(25)18-4-2-10-23(18)20(24)26/h5-8,18H,2-4,9-15H2,1H3/p+1/t18-/m1/s1. The summed E-state index contributed by atoms with van der Waals surface area (Å²) in [4.78, 5) is 32.0. The number of nitrogens with one attached hydrogen (secondary N) is 1. The first-order chi connectivity index (χ1) is 12.6. The van der Waals surface area contributed by atoms with Crippen LogP contribution in [0, 0.1) is 6.92 Å². The SMILES string of the molecule is Cc1ccc(N2CC[NH+](CCCN3C(=O)[C@H]4CCCN4C3=O)CC2)cc1. The maximum atomic E-state index is 12.4. The molecule has 3 aliphatic rings. The van der Waals surface area contributed by atoms with Gasteiger partial charge in [-0.25, -0.2) is 4.79 Å². The molecule has 1 aromatic rings. The summed E-state index contributed by atoms with van der Waals surface area (Å²) in [5.41, 5.74) is 2.60. The van der Waals surface area contributed by atoms with Crippen molar-refractivity contribution in [2.75, 3.05) is 50.7 Å². The van der Waals surface area contributed by atoms with Gasteiger partial charge in [-0.1, -0.05) is 17.7 Å². The molecule has 1 N–H and O–H groups in total. The van der Waals surface area contributed by atoms with Crippen molar-refractivity contribution in [2.45, 2.75) is 32.2 Å². The smallest absolute Gasteiger partial charge is 0.327 e. The molecule has 0 aromatic heterocycles. The van der Waals surface area contributed by atoms with Gasteiger partial charge in [-0.15, -0.1) is 0 Å². The average molecular weight is 357 g/mol. The number of nitrogens with zero attached hydrogens (tertiary/aromatic N) is 3. The molecule has 1 aromatic carbocycles. The summed E-state index contributed by atoms with van der Waals surface area (Å²) in [5, 5.41) is 0. The van der Waals surface area contributed by atoms with Crippen molar-refractivity contribution in [3.8, 4) is 0 Å². The van der Waals surface area contributed by atoms with Crippen LogP contribution in [-0.4, -0.2) is 73.6 Å². The minimum absolute atomic E-state index is 0.0340. The highest BCUT2D eigenvalue weighted by Crippen LogP contribution is 2.27. The molecule has 3 fully saturated rings. The quantitative estimate of drug-likeness (QED) is 0.782. The second kappa shape index (κ2) is 7.27. The van der Waals surface area contributed by atoms with Gasteiger partial charge >= 0.3 is 6.03 Å². The number of aryl methyl sites for hydroxylation is 1. The number of amides is 3. The van der Waals surface area contributed by atoms with Crippen LogP contribution < -0.4 is 9.80 Å². The van der Waals surface area contributed by atoms with Crippen LogP contribution in [0.2, 0.25) is 0 Å². The van der Waals surface area contributed by atoms with Gasteiger partial charge in [-0.3, -0.25) is 9.69 Å². The Morgan fingerprint density at radius 3 is 2.50 bits per heavy atom. The lowest BCUT2D eigenvalue weighted by Gasteiger charge is -2.34. The van der Waals surface area contributed by atoms with Gasteiger partial charge < -0.3 is 14.7 Å². The van der Waals surface area contributed by atoms with Crippen molar-refractivity contribution in [1.82, 2.24) is 9.80 Å². The van der Waals surface area contributed by atoms with Crippen LogP contribution in [0.1, 0.15) is 24.8 Å². The summed E-state index contributed by atoms with van der Waals surface area (Å²) in [5.74, 6) is 0.0340. The molecule has 0 saturated carbocycles. The fourth-order valence-electron chi connectivity index (χ4n) is 4.46. The molecule has 1 atom stereocenters. The zero-order valence-electron chi connectivity index (χ0n) is 15.6. The number of hydrogen-bond donors (Lipinski definition) is 1. The summed E-state index contributed by atoms with van der Waals surface area (Å²) >= 11 is 0. The Balaban J connectivity index is 1.21. The molecule has 3 aliphatic heterocycles. The number of anilines is 1. The normalized spacial score (nSPS) is 23.9. The molecule has 26 heavy (non-hydrogen) atoms. The minimum atomic E-state index is -0.159. The van der Waals surface area contributed by atoms with Gasteiger partial charge in [0.25, 0.3) is 5.91 Å². The highest BCUT2D eigenvalue weighted by atomic mass is 16.2. The van der Waals surface area contributed by atoms with Crippen LogP contribution in [0.3, 0.4) is 0 Å². The van der Waals surface area contributed by atoms with Gasteiger partial charge in [-0.2, -0.15) is 0 Å². The molecule has 0 aliphatic carbocycles. The van der Waals surface area contributed by atoms with Gasteiger partial charge in [0.05, 0.1) is 32.7 Å². The fourth-order valence-corrected chi connectivity index (χ4v) is 4.46. The van der Waals surface area contributed by atoms with E-state index in [1.807, 2.05) is 0 Å². The first kappa shape index (κ1) is 17.3. The Bertz CT molecular complexity index is 645. The predicted octanol–water partition coefficient (Wildman–Crippen LogP) is 0.517. The van der Waals surface area contributed by atoms with E-state index in [-0.39, 0.29) is 18.0 Å². The van der Waals surface area contributed by atoms with E-state index in [1.165, 1.54) is 16.2 Å². The second-order valence-corrected chi connectivity index (χ2v) is 7.80. The van der Waals surface area contributed by atoms with Gasteiger partial charge in [0, 0.05) is 25.2 Å². The first-order valence-electron chi connectivity index (χ1n) is 9.90. The number of urea groups is 1. The van der Waals surface area contributed by atoms with E-state index < -0.39 is 0 Å². The Morgan fingerprint density at radius 1 is 1.08 bits per heavy atom. The molecule has 0 spiro atoms. The number of quaternary nitrogens is 1. The van der Waals surface area contributed by atoms with Crippen LogP contribution in [0.25, 0.3) is 0 Å². The summed E-state index contributed by atoms with van der Waals surface area (Å²) in [6.45, 7) is 8.84. The Morgan fingerprint density at radius 2 is 1.81 bits per heavy atom. The van der Waals surface area contributed by atoms with Gasteiger partial charge in [0.1, 0.15) is 6.04 Å². The lowest BCUT2D eigenvalue weighted by Crippen LogP contribution is -3.15. The minimum Gasteiger partial charge on any atom is -0.360 e. The number of piperazine rings is 1. The largest absolute Gasteiger partial charge is 0.360 e. The molecule has 0 radical (unpaired) electrons. The van der Waals surface area contributed by atoms with E-state index >= 15 is 0 Å². The lowest BCUT2D eigenvalue weighted by molar-refractivity contribution is -0.900. The molecule has 4 rings (SSSR count). The second-order valence-electron chi connectivity index (χ2n) is 7.80. The van der Waals surface area contributed by atoms with E-state index in [1.54, 1.807) is 9.80 Å². The molecule has 6 nitrogen and oxygen atoms in total. The Labute approximate surface area is 155 Å². The number of benzene rings is 1. The van der Waals surface area contributed by atoms with E-state index in [4.69, 9.17) is 0 Å². The molecule has 3 amide bonds. The third kappa shape index (κ3) is 3.30. The van der Waals surface area contributed by atoms with Crippen molar-refractivity contribution < 1.29 is 14.5 Å². The maximum Gasteiger partial charge on any atom is 0.327 e. The van der Waals surface area contributed by atoms with Gasteiger partial charge in [0.2, 0.25) is 0 Å². The average Bonchev–Trinajstić information content (AvgIpc) is 3.22. The van der Waals surface area contributed by atoms with Crippen molar-refractivity contribution in [1.29, 1.82) is 0 Å². The summed E-state index contributed by atoms with van der Waals surface area (Å²) in [6, 6.07) is 8.53. The van der Waals surface area contributed by atoms with Crippen LogP contribution in [0.4, 0.5) is 10.5 Å². The molecule has 3 saturated heterocycles. The number of fused-ring (bicyclic) bond motifs is 1. The molecular formula is C20H29N4O2+. The van der Waals surface area contributed by atoms with Gasteiger partial charge in [0.15, 0.2) is 0 Å². The molecule has 0 unspecified atom stereocenters. The first-order valence-corrected chi connectivity index (χ1v) is 9.90. The van der Waals surface area contributed by atoms with Crippen LogP contribution in [-0.2, 0) is 4.79 Å². The van der Waals surface area contributed by atoms with Crippen molar-refractivity contribution in [3.05, 3.63) is 29.8 Å². The Hall–Kier alpha value is -2.08. The summed E-state index contributed by atoms with van der Waals surface area (Å²) < 4.78 is 0. The highest BCUT2D eigenvalue weighted by Gasteiger charge is 2.46. The summed E-state index contributed by atoms with van der Waals surface area (Å²) in [6.07, 6.45) is 2.70. The van der Waals surface area contributed by atoms with Crippen LogP contribution >= 0.6 is 0 Å². The van der Waals surface area contributed by atoms with Crippen molar-refractivity contribution >= 4 is 17.6 Å². The number of imide groups is 1. The monoisotopic (exact) mass is 357 g/mol. The predicted molar refractivity (Wildman–Crippen MR) is 100 cm³/mol. The zero-order chi connectivity index (χ0) is 18.1. The Kier molecular flexibility index (Phi) is 4.85. The number of carbonyl (C=O) groups is 2. The topological polar surface area (TPSA) is 48.3 Å². The third-order valence-electron chi connectivity index (χ3n) is 6.06. The van der Waals surface area contributed by atoms with Gasteiger partial charge in [-0.05, 0) is 31.9 Å². The van der Waals surface area contributed by atoms with Crippen molar-refractivity contribution in [2.24, 2.45) is 0 Å². The van der Waals surface area contributed by atoms with Crippen molar-refractivity contribution in [3.63, 3.8) is 0 Å². The van der Waals surface area contributed by atoms with E-state index in [0.29, 0.717) is 6.54 Å². The maximum absolute atomic E-state index is 12.4. The number of rotatable bonds is 5. The van der Waals surface area contributed by atoms with E-state index in [0.717, 1.165) is 58.5 Å². The number of carbonyl (C=O) groups excluding carboxylic acids is 2.